The smallest absolute Gasteiger partial charge is 0.213 e. The third-order valence-corrected chi connectivity index (χ3v) is 9.70. The summed E-state index contributed by atoms with van der Waals surface area (Å²) in [7, 11) is 1.65. The van der Waals surface area contributed by atoms with Crippen LogP contribution >= 0.6 is 0 Å². The number of anilines is 1. The van der Waals surface area contributed by atoms with Gasteiger partial charge in [-0.1, -0.05) is 0 Å². The van der Waals surface area contributed by atoms with Gasteiger partial charge in [0, 0.05) is 67.2 Å². The fourth-order valence-corrected chi connectivity index (χ4v) is 7.35. The molecule has 0 aliphatic carbocycles. The van der Waals surface area contributed by atoms with Crippen molar-refractivity contribution < 1.29 is 24.1 Å². The largest absolute Gasteiger partial charge is 0.492 e. The molecule has 4 aromatic heterocycles. The van der Waals surface area contributed by atoms with Crippen molar-refractivity contribution in [2.75, 3.05) is 44.9 Å². The van der Waals surface area contributed by atoms with Crippen LogP contribution in [0.25, 0.3) is 16.6 Å². The Hall–Kier alpha value is -4.28. The lowest BCUT2D eigenvalue weighted by Crippen LogP contribution is -2.68. The normalized spacial score (nSPS) is 27.3. The highest BCUT2D eigenvalue weighted by Gasteiger charge is 2.47. The van der Waals surface area contributed by atoms with E-state index in [9.17, 15) is 10.4 Å². The number of hydrogen-bond donors (Lipinski definition) is 1. The summed E-state index contributed by atoms with van der Waals surface area (Å²) in [6.45, 7) is 4.09. The lowest BCUT2D eigenvalue weighted by molar-refractivity contribution is -0.00874. The number of ether oxygens (including phenoxy) is 4. The third kappa shape index (κ3) is 5.15. The van der Waals surface area contributed by atoms with Gasteiger partial charge in [0.15, 0.2) is 0 Å². The van der Waals surface area contributed by atoms with E-state index >= 15 is 0 Å². The molecule has 5 aliphatic rings. The lowest BCUT2D eigenvalue weighted by Gasteiger charge is -2.56. The first-order valence-corrected chi connectivity index (χ1v) is 15.5. The average molecular weight is 610 g/mol. The number of aromatic nitrogens is 4. The van der Waals surface area contributed by atoms with Crippen molar-refractivity contribution in [2.24, 2.45) is 5.92 Å². The number of aliphatic hydroxyl groups excluding tert-OH is 1. The molecule has 2 bridgehead atoms. The molecule has 0 aromatic carbocycles. The van der Waals surface area contributed by atoms with Crippen LogP contribution < -0.4 is 14.4 Å². The first-order chi connectivity index (χ1) is 22.1. The van der Waals surface area contributed by atoms with Gasteiger partial charge in [-0.15, -0.1) is 0 Å². The molecule has 1 N–H and O–H groups in total. The summed E-state index contributed by atoms with van der Waals surface area (Å²) in [6, 6.07) is 13.4. The van der Waals surface area contributed by atoms with Gasteiger partial charge in [0.05, 0.1) is 56.5 Å². The Morgan fingerprint density at radius 3 is 2.73 bits per heavy atom. The summed E-state index contributed by atoms with van der Waals surface area (Å²) in [5.41, 5.74) is 4.16. The van der Waals surface area contributed by atoms with Crippen molar-refractivity contribution in [1.29, 1.82) is 5.26 Å². The Labute approximate surface area is 260 Å². The summed E-state index contributed by atoms with van der Waals surface area (Å²) in [4.78, 5) is 14.0. The predicted octanol–water partition coefficient (Wildman–Crippen LogP) is 2.68. The van der Waals surface area contributed by atoms with Crippen molar-refractivity contribution in [3.05, 3.63) is 66.2 Å². The molecule has 9 heterocycles. The molecule has 0 radical (unpaired) electrons. The number of methoxy groups -OCH3 is 1. The summed E-state index contributed by atoms with van der Waals surface area (Å²) in [6.07, 6.45) is 8.12. The number of hydrogen-bond acceptors (Lipinski definition) is 11. The summed E-state index contributed by atoms with van der Waals surface area (Å²) in [5, 5.41) is 24.3. The minimum absolute atomic E-state index is 0.0880. The van der Waals surface area contributed by atoms with Crippen LogP contribution in [0.1, 0.15) is 24.0 Å². The molecule has 6 unspecified atom stereocenters. The van der Waals surface area contributed by atoms with Gasteiger partial charge in [-0.25, -0.2) is 14.5 Å². The maximum absolute atomic E-state index is 10.0. The minimum atomic E-state index is -0.557. The molecule has 5 fully saturated rings. The Bertz CT molecular complexity index is 1730. The van der Waals surface area contributed by atoms with E-state index in [1.807, 2.05) is 18.3 Å². The van der Waals surface area contributed by atoms with Gasteiger partial charge in [0.1, 0.15) is 29.8 Å². The molecule has 45 heavy (non-hydrogen) atoms. The molecule has 6 atom stereocenters. The molecular formula is C33H35N7O5. The molecule has 232 valence electrons. The quantitative estimate of drug-likeness (QED) is 0.301. The first-order valence-electron chi connectivity index (χ1n) is 15.5. The van der Waals surface area contributed by atoms with Crippen LogP contribution in [-0.4, -0.2) is 100 Å². The Balaban J connectivity index is 0.959. The molecule has 5 saturated heterocycles. The molecular weight excluding hydrogens is 574 g/mol. The molecule has 12 nitrogen and oxygen atoms in total. The molecule has 0 spiro atoms. The van der Waals surface area contributed by atoms with Crippen LogP contribution in [0.4, 0.5) is 5.82 Å². The summed E-state index contributed by atoms with van der Waals surface area (Å²) < 4.78 is 24.7. The Morgan fingerprint density at radius 1 is 1.07 bits per heavy atom. The van der Waals surface area contributed by atoms with Gasteiger partial charge in [0.2, 0.25) is 5.88 Å². The second-order valence-corrected chi connectivity index (χ2v) is 12.3. The molecule has 12 heteroatoms. The van der Waals surface area contributed by atoms with Crippen molar-refractivity contribution >= 4 is 11.3 Å². The minimum Gasteiger partial charge on any atom is -0.492 e. The lowest BCUT2D eigenvalue weighted by atomic mass is 9.87. The van der Waals surface area contributed by atoms with E-state index in [0.29, 0.717) is 49.1 Å². The fourth-order valence-electron chi connectivity index (χ4n) is 7.35. The SMILES string of the molecule is COc1cc(CN2C3CC2CN(c2ccc(-c4cc(OCCC5COC6C(O)COC56)cn5ncc(C#N)c45)cn2)C3)ccn1. The topological polar surface area (TPSA) is 130 Å². The molecule has 0 amide bonds. The highest BCUT2D eigenvalue weighted by molar-refractivity contribution is 5.85. The van der Waals surface area contributed by atoms with Crippen LogP contribution in [-0.2, 0) is 16.0 Å². The second-order valence-electron chi connectivity index (χ2n) is 12.3. The molecule has 4 aromatic rings. The van der Waals surface area contributed by atoms with E-state index in [-0.39, 0.29) is 18.1 Å². The highest BCUT2D eigenvalue weighted by Crippen LogP contribution is 2.37. The third-order valence-electron chi connectivity index (χ3n) is 9.70. The van der Waals surface area contributed by atoms with E-state index in [2.05, 4.69) is 44.2 Å². The van der Waals surface area contributed by atoms with Gasteiger partial charge in [0.25, 0.3) is 0 Å². The van der Waals surface area contributed by atoms with Gasteiger partial charge < -0.3 is 29.0 Å². The maximum atomic E-state index is 10.0. The van der Waals surface area contributed by atoms with Crippen molar-refractivity contribution in [2.45, 2.75) is 49.8 Å². The van der Waals surface area contributed by atoms with Gasteiger partial charge in [-0.3, -0.25) is 4.90 Å². The van der Waals surface area contributed by atoms with E-state index < -0.39 is 6.10 Å². The van der Waals surface area contributed by atoms with Crippen molar-refractivity contribution in [1.82, 2.24) is 24.5 Å². The van der Waals surface area contributed by atoms with Gasteiger partial charge >= 0.3 is 0 Å². The van der Waals surface area contributed by atoms with Gasteiger partial charge in [-0.2, -0.15) is 10.4 Å². The molecule has 5 aliphatic heterocycles. The number of nitrogens with zero attached hydrogens (tertiary/aromatic N) is 7. The van der Waals surface area contributed by atoms with Crippen molar-refractivity contribution in [3.8, 4) is 28.8 Å². The van der Waals surface area contributed by atoms with Gasteiger partial charge in [-0.05, 0) is 42.7 Å². The van der Waals surface area contributed by atoms with Crippen LogP contribution in [0, 0.1) is 17.2 Å². The average Bonchev–Trinajstić information content (AvgIpc) is 3.80. The number of rotatable bonds is 9. The van der Waals surface area contributed by atoms with E-state index in [4.69, 9.17) is 23.9 Å². The maximum Gasteiger partial charge on any atom is 0.213 e. The predicted molar refractivity (Wildman–Crippen MR) is 163 cm³/mol. The van der Waals surface area contributed by atoms with E-state index in [1.54, 1.807) is 30.2 Å². The second kappa shape index (κ2) is 11.6. The van der Waals surface area contributed by atoms with Crippen molar-refractivity contribution in [3.63, 3.8) is 0 Å². The van der Waals surface area contributed by atoms with Crippen LogP contribution in [0.3, 0.4) is 0 Å². The fraction of sp³-hybridized carbons (Fsp3) is 0.455. The van der Waals surface area contributed by atoms with Crippen LogP contribution in [0.5, 0.6) is 11.6 Å². The standard InChI is InChI=1S/C33H35N7O5/c1-42-30-8-20(4-6-35-30)14-39-24-9-25(39)16-38(15-24)29-3-2-21(12-36-29)27-10-26(17-40-31(27)23(11-34)13-37-40)43-7-5-22-18-44-33-28(41)19-45-32(22)33/h2-4,6,8,10,12-13,17,22,24-25,28,32-33,41H,5,7,9,14-16,18-19H2,1H3. The zero-order valence-electron chi connectivity index (χ0n) is 25.0. The van der Waals surface area contributed by atoms with E-state index in [0.717, 1.165) is 48.5 Å². The zero-order chi connectivity index (χ0) is 30.5. The number of piperidine rings is 1. The number of aliphatic hydroxyl groups is 1. The number of nitriles is 1. The Morgan fingerprint density at radius 2 is 1.93 bits per heavy atom. The van der Waals surface area contributed by atoms with E-state index in [1.165, 1.54) is 12.0 Å². The first kappa shape index (κ1) is 28.2. The van der Waals surface area contributed by atoms with Crippen LogP contribution in [0.15, 0.2) is 55.1 Å². The highest BCUT2D eigenvalue weighted by atomic mass is 16.6. The molecule has 9 rings (SSSR count). The summed E-state index contributed by atoms with van der Waals surface area (Å²) in [5.74, 6) is 2.43. The Kier molecular flexibility index (Phi) is 7.26. The number of piperazine rings is 1. The molecule has 0 saturated carbocycles. The number of fused-ring (bicyclic) bond motifs is 4. The zero-order valence-corrected chi connectivity index (χ0v) is 25.0. The monoisotopic (exact) mass is 609 g/mol. The van der Waals surface area contributed by atoms with Crippen LogP contribution in [0.2, 0.25) is 0 Å². The number of pyridine rings is 3. The summed E-state index contributed by atoms with van der Waals surface area (Å²) >= 11 is 0.